The Morgan fingerprint density at radius 3 is 2.85 bits per heavy atom. The van der Waals surface area contributed by atoms with Gasteiger partial charge in [-0.15, -0.1) is 11.3 Å². The molecule has 0 saturated heterocycles. The number of hydrogen-bond acceptors (Lipinski definition) is 7. The van der Waals surface area contributed by atoms with Gasteiger partial charge in [-0.1, -0.05) is 18.2 Å². The van der Waals surface area contributed by atoms with Crippen molar-refractivity contribution in [3.63, 3.8) is 0 Å². The molecular formula is C16H11N5O4S. The number of nitro benzene ring substituents is 1. The molecule has 0 aliphatic rings. The number of aromatic amines is 1. The van der Waals surface area contributed by atoms with Crippen molar-refractivity contribution in [3.05, 3.63) is 79.7 Å². The van der Waals surface area contributed by atoms with E-state index in [4.69, 9.17) is 0 Å². The molecule has 1 aromatic carbocycles. The average Bonchev–Trinajstić information content (AvgIpc) is 3.16. The van der Waals surface area contributed by atoms with Crippen molar-refractivity contribution in [2.45, 2.75) is 0 Å². The summed E-state index contributed by atoms with van der Waals surface area (Å²) in [6.07, 6.45) is 1.16. The summed E-state index contributed by atoms with van der Waals surface area (Å²) >= 11 is 1.40. The summed E-state index contributed by atoms with van der Waals surface area (Å²) in [6.45, 7) is 0. The molecule has 9 nitrogen and oxygen atoms in total. The van der Waals surface area contributed by atoms with Gasteiger partial charge in [0.15, 0.2) is 0 Å². The number of H-pyrrole nitrogens is 1. The summed E-state index contributed by atoms with van der Waals surface area (Å²) in [7, 11) is 0. The topological polar surface area (TPSA) is 130 Å². The van der Waals surface area contributed by atoms with Gasteiger partial charge < -0.3 is 4.98 Å². The van der Waals surface area contributed by atoms with E-state index in [0.29, 0.717) is 5.69 Å². The van der Waals surface area contributed by atoms with E-state index in [-0.39, 0.29) is 16.9 Å². The number of amides is 1. The normalized spacial score (nSPS) is 10.8. The van der Waals surface area contributed by atoms with E-state index < -0.39 is 16.5 Å². The first-order valence-electron chi connectivity index (χ1n) is 7.26. The van der Waals surface area contributed by atoms with Crippen LogP contribution in [0.15, 0.2) is 57.7 Å². The number of nitro groups is 1. The highest BCUT2D eigenvalue weighted by Crippen LogP contribution is 2.21. The van der Waals surface area contributed by atoms with Crippen molar-refractivity contribution < 1.29 is 9.72 Å². The van der Waals surface area contributed by atoms with Crippen LogP contribution < -0.4 is 11.1 Å². The summed E-state index contributed by atoms with van der Waals surface area (Å²) in [4.78, 5) is 41.2. The van der Waals surface area contributed by atoms with Gasteiger partial charge in [-0.3, -0.25) is 14.9 Å². The molecule has 10 heteroatoms. The lowest BCUT2D eigenvalue weighted by Gasteiger charge is -2.02. The molecule has 1 amide bonds. The van der Waals surface area contributed by atoms with Gasteiger partial charge in [0.1, 0.15) is 5.69 Å². The minimum Gasteiger partial charge on any atom is -0.305 e. The van der Waals surface area contributed by atoms with Crippen LogP contribution in [-0.4, -0.2) is 27.0 Å². The van der Waals surface area contributed by atoms with Gasteiger partial charge in [-0.25, -0.2) is 10.2 Å². The molecule has 0 saturated carbocycles. The largest absolute Gasteiger partial charge is 0.346 e. The standard InChI is InChI=1S/C16H11N5O4S/c22-15(20-17-9-10-4-1-2-5-13(10)21(24)25)12-8-11(18-16(23)19-12)14-6-3-7-26-14/h1-9H,(H,20,22)(H,18,19,23)/b17-9+. The molecule has 0 aliphatic heterocycles. The molecule has 130 valence electrons. The van der Waals surface area contributed by atoms with Crippen molar-refractivity contribution in [3.8, 4) is 10.6 Å². The molecule has 0 atom stereocenters. The Morgan fingerprint density at radius 1 is 1.31 bits per heavy atom. The molecule has 0 unspecified atom stereocenters. The monoisotopic (exact) mass is 369 g/mol. The SMILES string of the molecule is O=C(N/N=C/c1ccccc1[N+](=O)[O-])c1cc(-c2cccs2)[nH]c(=O)n1. The maximum absolute atomic E-state index is 12.2. The first-order chi connectivity index (χ1) is 12.5. The van der Waals surface area contributed by atoms with Gasteiger partial charge in [0, 0.05) is 6.07 Å². The molecule has 2 N–H and O–H groups in total. The van der Waals surface area contributed by atoms with Gasteiger partial charge in [0.2, 0.25) is 0 Å². The summed E-state index contributed by atoms with van der Waals surface area (Å²) in [6, 6.07) is 11.0. The summed E-state index contributed by atoms with van der Waals surface area (Å²) in [5.41, 5.74) is 1.99. The predicted molar refractivity (Wildman–Crippen MR) is 96.3 cm³/mol. The van der Waals surface area contributed by atoms with Crippen LogP contribution >= 0.6 is 11.3 Å². The molecule has 0 aliphatic carbocycles. The number of carbonyl (C=O) groups is 1. The van der Waals surface area contributed by atoms with Crippen molar-refractivity contribution >= 4 is 29.1 Å². The fourth-order valence-corrected chi connectivity index (χ4v) is 2.82. The molecule has 3 rings (SSSR count). The number of carbonyl (C=O) groups excluding carboxylic acids is 1. The number of hydrazone groups is 1. The Bertz CT molecular complexity index is 1040. The zero-order chi connectivity index (χ0) is 18.5. The molecule has 3 aromatic rings. The molecule has 26 heavy (non-hydrogen) atoms. The highest BCUT2D eigenvalue weighted by molar-refractivity contribution is 7.13. The van der Waals surface area contributed by atoms with Crippen LogP contribution in [0.3, 0.4) is 0 Å². The van der Waals surface area contributed by atoms with Crippen LogP contribution in [0, 0.1) is 10.1 Å². The maximum atomic E-state index is 12.2. The zero-order valence-corrected chi connectivity index (χ0v) is 13.9. The van der Waals surface area contributed by atoms with Crippen LogP contribution in [0.5, 0.6) is 0 Å². The van der Waals surface area contributed by atoms with E-state index in [1.54, 1.807) is 12.1 Å². The van der Waals surface area contributed by atoms with E-state index in [1.165, 1.54) is 35.6 Å². The quantitative estimate of drug-likeness (QED) is 0.404. The lowest BCUT2D eigenvalue weighted by atomic mass is 10.2. The van der Waals surface area contributed by atoms with E-state index in [2.05, 4.69) is 20.5 Å². The first kappa shape index (κ1) is 17.2. The Kier molecular flexibility index (Phi) is 4.94. The van der Waals surface area contributed by atoms with Crippen molar-refractivity contribution in [2.75, 3.05) is 0 Å². The second kappa shape index (κ2) is 7.49. The zero-order valence-electron chi connectivity index (χ0n) is 13.1. The molecular weight excluding hydrogens is 358 g/mol. The minimum absolute atomic E-state index is 0.114. The number of nitrogens with one attached hydrogen (secondary N) is 2. The molecule has 2 heterocycles. The fraction of sp³-hybridized carbons (Fsp3) is 0. The Labute approximate surface area is 150 Å². The number of rotatable bonds is 5. The number of benzene rings is 1. The van der Waals surface area contributed by atoms with E-state index >= 15 is 0 Å². The highest BCUT2D eigenvalue weighted by Gasteiger charge is 2.12. The van der Waals surface area contributed by atoms with Gasteiger partial charge in [0.05, 0.1) is 27.3 Å². The van der Waals surface area contributed by atoms with Crippen molar-refractivity contribution in [1.29, 1.82) is 0 Å². The third-order valence-electron chi connectivity index (χ3n) is 3.27. The molecule has 2 aromatic heterocycles. The van der Waals surface area contributed by atoms with E-state index in [1.807, 2.05) is 11.4 Å². The predicted octanol–water partition coefficient (Wildman–Crippen LogP) is 2.17. The van der Waals surface area contributed by atoms with E-state index in [0.717, 1.165) is 11.1 Å². The molecule has 0 radical (unpaired) electrons. The highest BCUT2D eigenvalue weighted by atomic mass is 32.1. The maximum Gasteiger partial charge on any atom is 0.346 e. The van der Waals surface area contributed by atoms with Gasteiger partial charge in [-0.05, 0) is 23.6 Å². The van der Waals surface area contributed by atoms with Crippen molar-refractivity contribution in [1.82, 2.24) is 15.4 Å². The van der Waals surface area contributed by atoms with Crippen molar-refractivity contribution in [2.24, 2.45) is 5.10 Å². The van der Waals surface area contributed by atoms with Crippen LogP contribution in [0.4, 0.5) is 5.69 Å². The Morgan fingerprint density at radius 2 is 2.12 bits per heavy atom. The second-order valence-electron chi connectivity index (χ2n) is 4.98. The third kappa shape index (κ3) is 3.87. The Hall–Kier alpha value is -3.66. The van der Waals surface area contributed by atoms with Crippen LogP contribution in [-0.2, 0) is 0 Å². The molecule has 0 bridgehead atoms. The van der Waals surface area contributed by atoms with Gasteiger partial charge in [-0.2, -0.15) is 10.1 Å². The summed E-state index contributed by atoms with van der Waals surface area (Å²) in [5.74, 6) is -0.705. The van der Waals surface area contributed by atoms with Gasteiger partial charge >= 0.3 is 5.69 Å². The fourth-order valence-electron chi connectivity index (χ4n) is 2.12. The lowest BCUT2D eigenvalue weighted by Crippen LogP contribution is -2.24. The van der Waals surface area contributed by atoms with Crippen LogP contribution in [0.2, 0.25) is 0 Å². The third-order valence-corrected chi connectivity index (χ3v) is 4.17. The lowest BCUT2D eigenvalue weighted by molar-refractivity contribution is -0.385. The summed E-state index contributed by atoms with van der Waals surface area (Å²) < 4.78 is 0. The number of aromatic nitrogens is 2. The van der Waals surface area contributed by atoms with Crippen LogP contribution in [0.25, 0.3) is 10.6 Å². The number of para-hydroxylation sites is 1. The van der Waals surface area contributed by atoms with Crippen LogP contribution in [0.1, 0.15) is 16.1 Å². The summed E-state index contributed by atoms with van der Waals surface area (Å²) in [5, 5.41) is 16.5. The molecule has 0 fully saturated rings. The van der Waals surface area contributed by atoms with Gasteiger partial charge in [0.25, 0.3) is 11.6 Å². The minimum atomic E-state index is -0.705. The number of thiophene rings is 1. The van der Waals surface area contributed by atoms with E-state index in [9.17, 15) is 19.7 Å². The smallest absolute Gasteiger partial charge is 0.305 e. The second-order valence-corrected chi connectivity index (χ2v) is 5.93. The Balaban J connectivity index is 1.79. The molecule has 0 spiro atoms. The first-order valence-corrected chi connectivity index (χ1v) is 8.14. The average molecular weight is 369 g/mol. The number of nitrogens with zero attached hydrogens (tertiary/aromatic N) is 3. The number of hydrogen-bond donors (Lipinski definition) is 2.